The second-order valence-electron chi connectivity index (χ2n) is 7.88. The Morgan fingerprint density at radius 1 is 1.14 bits per heavy atom. The van der Waals surface area contributed by atoms with Crippen LogP contribution in [-0.4, -0.2) is 64.0 Å². The zero-order valence-electron chi connectivity index (χ0n) is 18.7. The van der Waals surface area contributed by atoms with Gasteiger partial charge in [0.05, 0.1) is 6.10 Å². The summed E-state index contributed by atoms with van der Waals surface area (Å²) in [6.07, 6.45) is 5.69. The molecule has 1 saturated heterocycles. The number of likely N-dealkylation sites (tertiary alicyclic amines) is 1. The van der Waals surface area contributed by atoms with Crippen LogP contribution in [0.25, 0.3) is 0 Å². The molecule has 1 aliphatic rings. The number of rotatable bonds is 10. The van der Waals surface area contributed by atoms with Crippen LogP contribution in [0.2, 0.25) is 0 Å². The van der Waals surface area contributed by atoms with Crippen LogP contribution in [0, 0.1) is 0 Å². The smallest absolute Gasteiger partial charge is 0.193 e. The van der Waals surface area contributed by atoms with Crippen molar-refractivity contribution in [3.05, 3.63) is 35.4 Å². The number of halogens is 1. The van der Waals surface area contributed by atoms with E-state index in [2.05, 4.69) is 53.3 Å². The van der Waals surface area contributed by atoms with Crippen LogP contribution < -0.4 is 5.32 Å². The minimum atomic E-state index is 0. The number of aryl methyl sites for hydroxylation is 1. The van der Waals surface area contributed by atoms with Gasteiger partial charge in [0, 0.05) is 47.0 Å². The fourth-order valence-corrected chi connectivity index (χ4v) is 3.58. The third-order valence-electron chi connectivity index (χ3n) is 5.37. The molecule has 1 N–H and O–H groups in total. The van der Waals surface area contributed by atoms with Crippen molar-refractivity contribution in [1.29, 1.82) is 0 Å². The lowest BCUT2D eigenvalue weighted by Crippen LogP contribution is -2.47. The van der Waals surface area contributed by atoms with Gasteiger partial charge in [-0.1, -0.05) is 38.1 Å². The van der Waals surface area contributed by atoms with E-state index in [-0.39, 0.29) is 24.0 Å². The normalized spacial score (nSPS) is 15.5. The zero-order valence-corrected chi connectivity index (χ0v) is 21.0. The van der Waals surface area contributed by atoms with Gasteiger partial charge in [0.1, 0.15) is 0 Å². The van der Waals surface area contributed by atoms with Gasteiger partial charge in [-0.3, -0.25) is 4.99 Å². The highest BCUT2D eigenvalue weighted by Gasteiger charge is 2.21. The van der Waals surface area contributed by atoms with Crippen LogP contribution in [-0.2, 0) is 15.9 Å². The Balaban J connectivity index is 0.00000420. The Hall–Kier alpha value is -0.860. The summed E-state index contributed by atoms with van der Waals surface area (Å²) in [6, 6.07) is 9.05. The minimum Gasteiger partial charge on any atom is -0.385 e. The number of methoxy groups -OCH3 is 1. The largest absolute Gasteiger partial charge is 0.385 e. The molecule has 5 nitrogen and oxygen atoms in total. The number of hydrogen-bond acceptors (Lipinski definition) is 3. The van der Waals surface area contributed by atoms with Crippen molar-refractivity contribution in [3.8, 4) is 0 Å². The fourth-order valence-electron chi connectivity index (χ4n) is 3.58. The highest BCUT2D eigenvalue weighted by atomic mass is 127. The first kappa shape index (κ1) is 26.2. The number of ether oxygens (including phenoxy) is 2. The van der Waals surface area contributed by atoms with Gasteiger partial charge in [0.25, 0.3) is 0 Å². The van der Waals surface area contributed by atoms with Crippen LogP contribution in [0.15, 0.2) is 29.3 Å². The fraction of sp³-hybridized carbons (Fsp3) is 0.696. The third kappa shape index (κ3) is 9.66. The Labute approximate surface area is 194 Å². The predicted molar refractivity (Wildman–Crippen MR) is 133 cm³/mol. The second kappa shape index (κ2) is 15.0. The topological polar surface area (TPSA) is 46.1 Å². The average molecular weight is 517 g/mol. The zero-order chi connectivity index (χ0) is 20.2. The molecule has 0 saturated carbocycles. The van der Waals surface area contributed by atoms with Crippen molar-refractivity contribution in [3.63, 3.8) is 0 Å². The number of piperidine rings is 1. The number of benzene rings is 1. The lowest BCUT2D eigenvalue weighted by Gasteiger charge is -2.34. The van der Waals surface area contributed by atoms with E-state index in [4.69, 9.17) is 9.47 Å². The lowest BCUT2D eigenvalue weighted by molar-refractivity contribution is 0.00991. The Kier molecular flexibility index (Phi) is 13.6. The summed E-state index contributed by atoms with van der Waals surface area (Å²) in [6.45, 7) is 9.01. The van der Waals surface area contributed by atoms with Crippen molar-refractivity contribution in [2.45, 2.75) is 58.0 Å². The minimum absolute atomic E-state index is 0. The van der Waals surface area contributed by atoms with Crippen LogP contribution in [0.4, 0.5) is 0 Å². The van der Waals surface area contributed by atoms with Crippen molar-refractivity contribution >= 4 is 29.9 Å². The number of nitrogens with zero attached hydrogens (tertiary/aromatic N) is 2. The molecular formula is C23H40IN3O2. The first-order valence-corrected chi connectivity index (χ1v) is 10.8. The van der Waals surface area contributed by atoms with Gasteiger partial charge in [0.2, 0.25) is 0 Å². The molecule has 0 bridgehead atoms. The maximum atomic E-state index is 5.95. The van der Waals surface area contributed by atoms with Gasteiger partial charge in [-0.15, -0.1) is 24.0 Å². The van der Waals surface area contributed by atoms with E-state index < -0.39 is 0 Å². The molecule has 0 spiro atoms. The van der Waals surface area contributed by atoms with Gasteiger partial charge in [-0.05, 0) is 49.1 Å². The van der Waals surface area contributed by atoms with Crippen LogP contribution in [0.3, 0.4) is 0 Å². The molecule has 6 heteroatoms. The molecule has 0 radical (unpaired) electrons. The van der Waals surface area contributed by atoms with E-state index in [0.717, 1.165) is 70.9 Å². The molecule has 0 aromatic heterocycles. The van der Waals surface area contributed by atoms with E-state index in [1.54, 1.807) is 7.11 Å². The predicted octanol–water partition coefficient (Wildman–Crippen LogP) is 4.45. The SMILES string of the molecule is CN=C(NCCCc1ccc(C(C)C)cc1)N1CCC(OCCCOC)CC1.I. The summed E-state index contributed by atoms with van der Waals surface area (Å²) in [7, 11) is 3.61. The molecule has 1 heterocycles. The molecule has 166 valence electrons. The standard InChI is InChI=1S/C23H39N3O2.HI/c1-19(2)21-10-8-20(9-11-21)7-5-14-25-23(24-3)26-15-12-22(13-16-26)28-18-6-17-27-4;/h8-11,19,22H,5-7,12-18H2,1-4H3,(H,24,25);1H. The van der Waals surface area contributed by atoms with Gasteiger partial charge in [-0.2, -0.15) is 0 Å². The number of nitrogens with one attached hydrogen (secondary N) is 1. The van der Waals surface area contributed by atoms with Gasteiger partial charge >= 0.3 is 0 Å². The Morgan fingerprint density at radius 3 is 2.41 bits per heavy atom. The Bertz CT molecular complexity index is 570. The summed E-state index contributed by atoms with van der Waals surface area (Å²) < 4.78 is 11.0. The number of aliphatic imine (C=N–C) groups is 1. The Morgan fingerprint density at radius 2 is 1.83 bits per heavy atom. The quantitative estimate of drug-likeness (QED) is 0.216. The van der Waals surface area contributed by atoms with E-state index in [9.17, 15) is 0 Å². The molecule has 1 aromatic carbocycles. The van der Waals surface area contributed by atoms with Crippen LogP contribution in [0.1, 0.15) is 56.6 Å². The maximum Gasteiger partial charge on any atom is 0.193 e. The molecule has 1 aromatic rings. The van der Waals surface area contributed by atoms with Crippen LogP contribution >= 0.6 is 24.0 Å². The summed E-state index contributed by atoms with van der Waals surface area (Å²) in [5, 5.41) is 3.53. The first-order valence-electron chi connectivity index (χ1n) is 10.8. The summed E-state index contributed by atoms with van der Waals surface area (Å²) >= 11 is 0. The van der Waals surface area contributed by atoms with E-state index >= 15 is 0 Å². The maximum absolute atomic E-state index is 5.95. The lowest BCUT2D eigenvalue weighted by atomic mass is 10.0. The van der Waals surface area contributed by atoms with Crippen LogP contribution in [0.5, 0.6) is 0 Å². The molecule has 0 unspecified atom stereocenters. The van der Waals surface area contributed by atoms with E-state index in [1.165, 1.54) is 11.1 Å². The first-order chi connectivity index (χ1) is 13.6. The highest BCUT2D eigenvalue weighted by molar-refractivity contribution is 14.0. The second-order valence-corrected chi connectivity index (χ2v) is 7.88. The summed E-state index contributed by atoms with van der Waals surface area (Å²) in [5.41, 5.74) is 2.82. The summed E-state index contributed by atoms with van der Waals surface area (Å²) in [4.78, 5) is 6.83. The monoisotopic (exact) mass is 517 g/mol. The number of guanidine groups is 1. The molecule has 29 heavy (non-hydrogen) atoms. The molecule has 1 fully saturated rings. The molecule has 0 atom stereocenters. The third-order valence-corrected chi connectivity index (χ3v) is 5.37. The van der Waals surface area contributed by atoms with E-state index in [0.29, 0.717) is 12.0 Å². The average Bonchev–Trinajstić information content (AvgIpc) is 2.72. The molecular weight excluding hydrogens is 477 g/mol. The molecule has 1 aliphatic heterocycles. The van der Waals surface area contributed by atoms with Crippen molar-refractivity contribution in [1.82, 2.24) is 10.2 Å². The molecule has 0 aliphatic carbocycles. The molecule has 2 rings (SSSR count). The summed E-state index contributed by atoms with van der Waals surface area (Å²) in [5.74, 6) is 1.62. The van der Waals surface area contributed by atoms with Gasteiger partial charge in [0.15, 0.2) is 5.96 Å². The highest BCUT2D eigenvalue weighted by Crippen LogP contribution is 2.16. The number of hydrogen-bond donors (Lipinski definition) is 1. The van der Waals surface area contributed by atoms with Gasteiger partial charge in [-0.25, -0.2) is 0 Å². The van der Waals surface area contributed by atoms with Crippen molar-refractivity contribution in [2.24, 2.45) is 4.99 Å². The van der Waals surface area contributed by atoms with Crippen molar-refractivity contribution < 1.29 is 9.47 Å². The van der Waals surface area contributed by atoms with Gasteiger partial charge < -0.3 is 19.7 Å². The van der Waals surface area contributed by atoms with Crippen molar-refractivity contribution in [2.75, 3.05) is 47.0 Å². The molecule has 0 amide bonds. The van der Waals surface area contributed by atoms with E-state index in [1.807, 2.05) is 7.05 Å².